The van der Waals surface area contributed by atoms with Crippen molar-refractivity contribution in [2.75, 3.05) is 0 Å². The van der Waals surface area contributed by atoms with Crippen LogP contribution in [-0.4, -0.2) is 39.4 Å². The molecular formula is C10H20N2O3. The Morgan fingerprint density at radius 1 is 1.33 bits per heavy atom. The predicted molar refractivity (Wildman–Crippen MR) is 56.1 cm³/mol. The number of aliphatic hydroxyl groups excluding tert-OH is 2. The highest BCUT2D eigenvalue weighted by Gasteiger charge is 2.47. The number of hydrogen-bond donors (Lipinski definition) is 4. The fraction of sp³-hybridized carbons (Fsp3) is 0.900. The topological polar surface area (TPSA) is 95.6 Å². The van der Waals surface area contributed by atoms with Gasteiger partial charge in [0.05, 0.1) is 12.2 Å². The van der Waals surface area contributed by atoms with Gasteiger partial charge >= 0.3 is 0 Å². The summed E-state index contributed by atoms with van der Waals surface area (Å²) in [5.74, 6) is -0.314. The zero-order chi connectivity index (χ0) is 11.9. The summed E-state index contributed by atoms with van der Waals surface area (Å²) >= 11 is 0. The number of aliphatic hydroxyl groups is 2. The van der Waals surface area contributed by atoms with E-state index in [4.69, 9.17) is 5.73 Å². The van der Waals surface area contributed by atoms with E-state index in [1.807, 2.05) is 20.8 Å². The first kappa shape index (κ1) is 12.4. The Morgan fingerprint density at radius 3 is 2.07 bits per heavy atom. The van der Waals surface area contributed by atoms with Gasteiger partial charge in [0, 0.05) is 18.4 Å². The molecule has 0 bridgehead atoms. The fourth-order valence-electron chi connectivity index (χ4n) is 1.75. The molecule has 1 saturated carbocycles. The number of rotatable bonds is 1. The van der Waals surface area contributed by atoms with E-state index in [0.29, 0.717) is 0 Å². The summed E-state index contributed by atoms with van der Waals surface area (Å²) in [6.45, 7) is 5.57. The van der Waals surface area contributed by atoms with Crippen LogP contribution in [0.1, 0.15) is 33.6 Å². The third-order valence-corrected chi connectivity index (χ3v) is 2.53. The van der Waals surface area contributed by atoms with E-state index in [-0.39, 0.29) is 24.3 Å². The third-order valence-electron chi connectivity index (χ3n) is 2.53. The van der Waals surface area contributed by atoms with Crippen molar-refractivity contribution in [1.82, 2.24) is 5.32 Å². The molecule has 0 spiro atoms. The van der Waals surface area contributed by atoms with Gasteiger partial charge in [-0.05, 0) is 20.8 Å². The predicted octanol–water partition coefficient (Wildman–Crippen LogP) is -0.886. The Balaban J connectivity index is 2.68. The summed E-state index contributed by atoms with van der Waals surface area (Å²) in [4.78, 5) is 11.8. The SMILES string of the molecule is CC(C)(C)NC(=O)C1(N)C[C@@H](O)[C@@H](O)C1. The van der Waals surface area contributed by atoms with Crippen LogP contribution >= 0.6 is 0 Å². The highest BCUT2D eigenvalue weighted by atomic mass is 16.3. The Hall–Kier alpha value is -0.650. The van der Waals surface area contributed by atoms with Crippen LogP contribution in [0, 0.1) is 0 Å². The van der Waals surface area contributed by atoms with Crippen molar-refractivity contribution in [3.63, 3.8) is 0 Å². The molecule has 1 aliphatic rings. The first-order valence-electron chi connectivity index (χ1n) is 5.12. The molecule has 5 heteroatoms. The second-order valence-corrected chi connectivity index (χ2v) is 5.40. The van der Waals surface area contributed by atoms with E-state index in [1.165, 1.54) is 0 Å². The molecule has 0 radical (unpaired) electrons. The van der Waals surface area contributed by atoms with Crippen molar-refractivity contribution >= 4 is 5.91 Å². The molecule has 0 aromatic rings. The first-order valence-corrected chi connectivity index (χ1v) is 5.12. The number of hydrogen-bond acceptors (Lipinski definition) is 4. The summed E-state index contributed by atoms with van der Waals surface area (Å²) in [6.07, 6.45) is -1.59. The van der Waals surface area contributed by atoms with Crippen molar-refractivity contribution in [1.29, 1.82) is 0 Å². The van der Waals surface area contributed by atoms with E-state index >= 15 is 0 Å². The van der Waals surface area contributed by atoms with Crippen molar-refractivity contribution in [3.8, 4) is 0 Å². The minimum Gasteiger partial charge on any atom is -0.390 e. The summed E-state index contributed by atoms with van der Waals surface area (Å²) in [5.41, 5.74) is 4.35. The molecule has 1 fully saturated rings. The zero-order valence-corrected chi connectivity index (χ0v) is 9.45. The van der Waals surface area contributed by atoms with Gasteiger partial charge in [-0.2, -0.15) is 0 Å². The monoisotopic (exact) mass is 216 g/mol. The second-order valence-electron chi connectivity index (χ2n) is 5.40. The van der Waals surface area contributed by atoms with Gasteiger partial charge in [-0.25, -0.2) is 0 Å². The van der Waals surface area contributed by atoms with E-state index in [2.05, 4.69) is 5.32 Å². The summed E-state index contributed by atoms with van der Waals surface area (Å²) in [7, 11) is 0. The summed E-state index contributed by atoms with van der Waals surface area (Å²) in [6, 6.07) is 0. The van der Waals surface area contributed by atoms with Crippen LogP contribution in [-0.2, 0) is 4.79 Å². The molecule has 5 nitrogen and oxygen atoms in total. The Morgan fingerprint density at radius 2 is 1.73 bits per heavy atom. The number of carbonyl (C=O) groups excluding carboxylic acids is 1. The van der Waals surface area contributed by atoms with Crippen LogP contribution in [0.2, 0.25) is 0 Å². The molecule has 88 valence electrons. The normalized spacial score (nSPS) is 36.7. The molecule has 0 aliphatic heterocycles. The Labute approximate surface area is 89.7 Å². The van der Waals surface area contributed by atoms with Gasteiger partial charge in [-0.1, -0.05) is 0 Å². The minimum atomic E-state index is -1.15. The maximum absolute atomic E-state index is 11.8. The highest BCUT2D eigenvalue weighted by molar-refractivity contribution is 5.87. The van der Waals surface area contributed by atoms with E-state index in [9.17, 15) is 15.0 Å². The smallest absolute Gasteiger partial charge is 0.240 e. The lowest BCUT2D eigenvalue weighted by Crippen LogP contribution is -2.57. The number of nitrogens with two attached hydrogens (primary N) is 1. The molecule has 1 unspecified atom stereocenters. The van der Waals surface area contributed by atoms with Gasteiger partial charge in [0.2, 0.25) is 5.91 Å². The summed E-state index contributed by atoms with van der Waals surface area (Å²) < 4.78 is 0. The maximum atomic E-state index is 11.8. The van der Waals surface area contributed by atoms with Gasteiger partial charge in [-0.3, -0.25) is 4.79 Å². The summed E-state index contributed by atoms with van der Waals surface area (Å²) in [5, 5.41) is 21.5. The molecule has 1 amide bonds. The minimum absolute atomic E-state index is 0.107. The van der Waals surface area contributed by atoms with E-state index in [1.54, 1.807) is 0 Å². The quantitative estimate of drug-likeness (QED) is 0.457. The Kier molecular flexibility index (Phi) is 3.09. The van der Waals surface area contributed by atoms with Gasteiger partial charge in [0.25, 0.3) is 0 Å². The molecule has 0 saturated heterocycles. The molecule has 3 atom stereocenters. The largest absolute Gasteiger partial charge is 0.390 e. The zero-order valence-electron chi connectivity index (χ0n) is 9.45. The average molecular weight is 216 g/mol. The second kappa shape index (κ2) is 3.73. The lowest BCUT2D eigenvalue weighted by molar-refractivity contribution is -0.128. The number of nitrogens with one attached hydrogen (secondary N) is 1. The van der Waals surface area contributed by atoms with Crippen molar-refractivity contribution < 1.29 is 15.0 Å². The van der Waals surface area contributed by atoms with Crippen LogP contribution in [0.15, 0.2) is 0 Å². The van der Waals surface area contributed by atoms with Crippen LogP contribution in [0.4, 0.5) is 0 Å². The molecule has 5 N–H and O–H groups in total. The highest BCUT2D eigenvalue weighted by Crippen LogP contribution is 2.28. The van der Waals surface area contributed by atoms with Crippen LogP contribution in [0.25, 0.3) is 0 Å². The van der Waals surface area contributed by atoms with E-state index < -0.39 is 17.7 Å². The number of amides is 1. The van der Waals surface area contributed by atoms with Gasteiger partial charge in [-0.15, -0.1) is 0 Å². The van der Waals surface area contributed by atoms with Crippen molar-refractivity contribution in [2.24, 2.45) is 5.73 Å². The van der Waals surface area contributed by atoms with Gasteiger partial charge in [0.15, 0.2) is 0 Å². The average Bonchev–Trinajstić information content (AvgIpc) is 2.24. The Bertz CT molecular complexity index is 250. The fourth-order valence-corrected chi connectivity index (χ4v) is 1.75. The number of carbonyl (C=O) groups is 1. The van der Waals surface area contributed by atoms with E-state index in [0.717, 1.165) is 0 Å². The molecule has 1 aliphatic carbocycles. The van der Waals surface area contributed by atoms with Gasteiger partial charge < -0.3 is 21.3 Å². The standard InChI is InChI=1S/C10H20N2O3/c1-9(2,3)12-8(15)10(11)4-6(13)7(14)5-10/h6-7,13-14H,4-5,11H2,1-3H3,(H,12,15)/t6-,7+,10?. The molecule has 0 heterocycles. The maximum Gasteiger partial charge on any atom is 0.240 e. The lowest BCUT2D eigenvalue weighted by Gasteiger charge is -2.28. The first-order chi connectivity index (χ1) is 6.64. The molecule has 1 rings (SSSR count). The molecule has 0 aromatic heterocycles. The molecular weight excluding hydrogens is 196 g/mol. The molecule has 15 heavy (non-hydrogen) atoms. The van der Waals surface area contributed by atoms with Crippen LogP contribution in [0.5, 0.6) is 0 Å². The molecule has 0 aromatic carbocycles. The van der Waals surface area contributed by atoms with Crippen LogP contribution in [0.3, 0.4) is 0 Å². The lowest BCUT2D eigenvalue weighted by atomic mass is 9.95. The van der Waals surface area contributed by atoms with Crippen molar-refractivity contribution in [2.45, 2.75) is 56.9 Å². The van der Waals surface area contributed by atoms with Crippen molar-refractivity contribution in [3.05, 3.63) is 0 Å². The van der Waals surface area contributed by atoms with Crippen LogP contribution < -0.4 is 11.1 Å². The van der Waals surface area contributed by atoms with Gasteiger partial charge in [0.1, 0.15) is 5.54 Å². The third kappa shape index (κ3) is 2.90.